The van der Waals surface area contributed by atoms with E-state index in [4.69, 9.17) is 9.47 Å². The molecule has 0 radical (unpaired) electrons. The molecule has 0 bridgehead atoms. The summed E-state index contributed by atoms with van der Waals surface area (Å²) in [5.74, 6) is 0.746. The van der Waals surface area contributed by atoms with Gasteiger partial charge in [0.1, 0.15) is 5.56 Å². The van der Waals surface area contributed by atoms with Gasteiger partial charge in [-0.15, -0.1) is 23.1 Å². The summed E-state index contributed by atoms with van der Waals surface area (Å²) < 4.78 is 53.2. The maximum absolute atomic E-state index is 14.1. The monoisotopic (exact) mass is 662 g/mol. The van der Waals surface area contributed by atoms with Crippen LogP contribution in [0.25, 0.3) is 10.6 Å². The summed E-state index contributed by atoms with van der Waals surface area (Å²) in [6.07, 6.45) is -2.44. The van der Waals surface area contributed by atoms with Crippen molar-refractivity contribution in [1.82, 2.24) is 19.8 Å². The van der Waals surface area contributed by atoms with Crippen LogP contribution < -0.4 is 10.2 Å². The van der Waals surface area contributed by atoms with Crippen LogP contribution in [0.3, 0.4) is 0 Å². The number of hydrogen-bond acceptors (Lipinski definition) is 11. The number of hydrogen-bond donors (Lipinski definition) is 1. The van der Waals surface area contributed by atoms with Gasteiger partial charge < -0.3 is 19.7 Å². The first-order chi connectivity index (χ1) is 21.6. The van der Waals surface area contributed by atoms with Gasteiger partial charge in [-0.05, 0) is 50.3 Å². The predicted octanol–water partition coefficient (Wildman–Crippen LogP) is 5.29. The van der Waals surface area contributed by atoms with E-state index >= 15 is 0 Å². The molecule has 3 aromatic rings. The van der Waals surface area contributed by atoms with Crippen LogP contribution in [0.5, 0.6) is 0 Å². The molecule has 0 atom stereocenters. The maximum Gasteiger partial charge on any atom is 0.420 e. The number of carbonyl (C=O) groups is 1. The molecule has 0 aliphatic carbocycles. The highest BCUT2D eigenvalue weighted by molar-refractivity contribution is 7.99. The third-order valence-corrected chi connectivity index (χ3v) is 11.2. The zero-order valence-electron chi connectivity index (χ0n) is 25.5. The van der Waals surface area contributed by atoms with Crippen molar-refractivity contribution in [2.45, 2.75) is 36.0 Å². The normalized spacial score (nSPS) is 18.7. The molecule has 1 N–H and O–H groups in total. The van der Waals surface area contributed by atoms with Gasteiger partial charge in [0.25, 0.3) is 0 Å². The number of ether oxygens (including phenoxy) is 2. The summed E-state index contributed by atoms with van der Waals surface area (Å²) in [6.45, 7) is 8.36. The van der Waals surface area contributed by atoms with E-state index in [-0.39, 0.29) is 22.1 Å². The molecular weight excluding hydrogens is 626 g/mol. The number of aryl methyl sites for hydroxylation is 1. The Bertz CT molecular complexity index is 1530. The van der Waals surface area contributed by atoms with Crippen molar-refractivity contribution >= 4 is 46.7 Å². The molecule has 9 nitrogen and oxygen atoms in total. The van der Waals surface area contributed by atoms with Crippen molar-refractivity contribution in [3.05, 3.63) is 46.5 Å². The number of alkyl halides is 3. The van der Waals surface area contributed by atoms with Gasteiger partial charge in [-0.25, -0.2) is 9.97 Å². The SMILES string of the molecule is CCc1cc(N2CCN(C)C3(COC3)C2)ccc1Nc1ncc(C(F)(F)F)c(-c2cc(SCCN(C)C3COC3)c(C=O)s2)n1. The van der Waals surface area contributed by atoms with Crippen molar-refractivity contribution in [2.24, 2.45) is 0 Å². The average Bonchev–Trinajstić information content (AvgIpc) is 3.38. The molecule has 3 fully saturated rings. The smallest absolute Gasteiger partial charge is 0.378 e. The quantitative estimate of drug-likeness (QED) is 0.216. The van der Waals surface area contributed by atoms with E-state index in [9.17, 15) is 18.0 Å². The number of aldehydes is 1. The maximum atomic E-state index is 14.1. The Hall–Kier alpha value is -2.75. The number of halogens is 3. The minimum Gasteiger partial charge on any atom is -0.378 e. The number of thiophene rings is 1. The molecule has 0 unspecified atom stereocenters. The molecule has 3 saturated heterocycles. The molecule has 1 aromatic carbocycles. The zero-order chi connectivity index (χ0) is 31.8. The fraction of sp³-hybridized carbons (Fsp3) is 0.516. The van der Waals surface area contributed by atoms with Gasteiger partial charge in [0, 0.05) is 54.4 Å². The van der Waals surface area contributed by atoms with Gasteiger partial charge in [-0.1, -0.05) is 6.92 Å². The van der Waals surface area contributed by atoms with Gasteiger partial charge in [0.2, 0.25) is 5.95 Å². The van der Waals surface area contributed by atoms with E-state index in [2.05, 4.69) is 43.1 Å². The number of likely N-dealkylation sites (N-methyl/N-ethyl adjacent to an activating group) is 2. The summed E-state index contributed by atoms with van der Waals surface area (Å²) in [7, 11) is 4.16. The van der Waals surface area contributed by atoms with Crippen LogP contribution in [0.4, 0.5) is 30.5 Å². The van der Waals surface area contributed by atoms with E-state index < -0.39 is 11.7 Å². The summed E-state index contributed by atoms with van der Waals surface area (Å²) in [6, 6.07) is 8.10. The molecule has 1 spiro atoms. The molecule has 3 aliphatic rings. The highest BCUT2D eigenvalue weighted by Gasteiger charge is 2.46. The number of thioether (sulfide) groups is 1. The Morgan fingerprint density at radius 1 is 1.22 bits per heavy atom. The van der Waals surface area contributed by atoms with Crippen LogP contribution in [0.2, 0.25) is 0 Å². The number of anilines is 3. The van der Waals surface area contributed by atoms with Gasteiger partial charge in [-0.2, -0.15) is 13.2 Å². The van der Waals surface area contributed by atoms with Crippen LogP contribution in [0.15, 0.2) is 35.4 Å². The van der Waals surface area contributed by atoms with Crippen molar-refractivity contribution in [3.63, 3.8) is 0 Å². The summed E-state index contributed by atoms with van der Waals surface area (Å²) >= 11 is 2.47. The van der Waals surface area contributed by atoms with E-state index in [0.29, 0.717) is 47.5 Å². The number of benzene rings is 1. The Labute approximate surface area is 269 Å². The van der Waals surface area contributed by atoms with Gasteiger partial charge in [0.15, 0.2) is 6.29 Å². The van der Waals surface area contributed by atoms with Crippen molar-refractivity contribution in [2.75, 3.05) is 82.7 Å². The lowest BCUT2D eigenvalue weighted by Gasteiger charge is -2.54. The van der Waals surface area contributed by atoms with Gasteiger partial charge in [0.05, 0.1) is 53.5 Å². The second kappa shape index (κ2) is 13.2. The lowest BCUT2D eigenvalue weighted by molar-refractivity contribution is -0.137. The molecule has 2 aromatic heterocycles. The first-order valence-corrected chi connectivity index (χ1v) is 16.8. The molecule has 242 valence electrons. The lowest BCUT2D eigenvalue weighted by atomic mass is 9.91. The number of nitrogens with one attached hydrogen (secondary N) is 1. The van der Waals surface area contributed by atoms with E-state index in [1.165, 1.54) is 11.8 Å². The van der Waals surface area contributed by atoms with E-state index in [1.807, 2.05) is 26.1 Å². The molecule has 0 saturated carbocycles. The second-order valence-electron chi connectivity index (χ2n) is 11.8. The number of rotatable bonds is 11. The Morgan fingerprint density at radius 2 is 2.02 bits per heavy atom. The molecule has 3 aliphatic heterocycles. The van der Waals surface area contributed by atoms with Crippen molar-refractivity contribution < 1.29 is 27.4 Å². The number of aromatic nitrogens is 2. The Morgan fingerprint density at radius 3 is 2.67 bits per heavy atom. The fourth-order valence-electron chi connectivity index (χ4n) is 5.74. The van der Waals surface area contributed by atoms with Crippen LogP contribution >= 0.6 is 23.1 Å². The zero-order valence-corrected chi connectivity index (χ0v) is 27.2. The Balaban J connectivity index is 1.23. The third-order valence-electron chi connectivity index (χ3n) is 8.93. The first-order valence-electron chi connectivity index (χ1n) is 15.0. The lowest BCUT2D eigenvalue weighted by Crippen LogP contribution is -2.70. The summed E-state index contributed by atoms with van der Waals surface area (Å²) in [5, 5.41) is 3.17. The number of carbonyl (C=O) groups excluding carboxylic acids is 1. The van der Waals surface area contributed by atoms with Crippen LogP contribution in [-0.2, 0) is 22.1 Å². The van der Waals surface area contributed by atoms with Crippen LogP contribution in [0.1, 0.15) is 27.7 Å². The molecule has 45 heavy (non-hydrogen) atoms. The summed E-state index contributed by atoms with van der Waals surface area (Å²) in [4.78, 5) is 28.6. The van der Waals surface area contributed by atoms with E-state index in [0.717, 1.165) is 73.9 Å². The Kier molecular flexibility index (Phi) is 9.42. The van der Waals surface area contributed by atoms with Gasteiger partial charge in [-0.3, -0.25) is 14.6 Å². The molecule has 6 rings (SSSR count). The molecular formula is C31H37F3N6O3S2. The largest absolute Gasteiger partial charge is 0.420 e. The number of piperazine rings is 1. The highest BCUT2D eigenvalue weighted by atomic mass is 32.2. The minimum absolute atomic E-state index is 0.0394. The highest BCUT2D eigenvalue weighted by Crippen LogP contribution is 2.42. The first kappa shape index (κ1) is 32.2. The van der Waals surface area contributed by atoms with Crippen LogP contribution in [-0.4, -0.2) is 110 Å². The molecule has 14 heteroatoms. The summed E-state index contributed by atoms with van der Waals surface area (Å²) in [5.41, 5.74) is 1.69. The van der Waals surface area contributed by atoms with Crippen molar-refractivity contribution in [3.8, 4) is 10.6 Å². The van der Waals surface area contributed by atoms with Crippen LogP contribution in [0, 0.1) is 0 Å². The fourth-order valence-corrected chi connectivity index (χ4v) is 7.98. The molecule has 5 heterocycles. The third kappa shape index (κ3) is 6.72. The van der Waals surface area contributed by atoms with Gasteiger partial charge >= 0.3 is 6.18 Å². The van der Waals surface area contributed by atoms with E-state index in [1.54, 1.807) is 6.07 Å². The average molecular weight is 663 g/mol. The minimum atomic E-state index is -4.67. The van der Waals surface area contributed by atoms with Crippen molar-refractivity contribution in [1.29, 1.82) is 0 Å². The number of nitrogens with zero attached hydrogens (tertiary/aromatic N) is 5. The second-order valence-corrected chi connectivity index (χ2v) is 14.0. The molecule has 0 amide bonds. The standard InChI is InChI=1S/C31H37F3N6O3S2/c1-4-20-11-21(40-8-7-39(3)30(17-40)18-43-19-30)5-6-24(20)36-29-35-13-23(31(32,33)34)28(37-29)26-12-25(27(14-41)45-26)44-10-9-38(2)22-15-42-16-22/h5-6,11-14,22H,4,7-10,15-19H2,1-3H3,(H,35,36,37). The predicted molar refractivity (Wildman–Crippen MR) is 171 cm³/mol. The topological polar surface area (TPSA) is 83.1 Å².